The third-order valence-electron chi connectivity index (χ3n) is 3.52. The van der Waals surface area contributed by atoms with Crippen LogP contribution < -0.4 is 5.32 Å². The molecule has 5 heteroatoms. The molecule has 0 fully saturated rings. The highest BCUT2D eigenvalue weighted by atomic mass is 32.2. The molecule has 120 valence electrons. The van der Waals surface area contributed by atoms with Crippen LogP contribution in [0, 0.1) is 6.92 Å². The highest BCUT2D eigenvalue weighted by Gasteiger charge is 2.25. The molecule has 0 aliphatic rings. The number of nitrogens with one attached hydrogen (secondary N) is 1. The van der Waals surface area contributed by atoms with Crippen LogP contribution in [-0.2, 0) is 16.6 Å². The topological polar surface area (TPSA) is 49.4 Å². The molecule has 0 unspecified atom stereocenters. The van der Waals surface area contributed by atoms with Gasteiger partial charge in [0.1, 0.15) is 0 Å². The third-order valence-corrected chi connectivity index (χ3v) is 5.66. The van der Waals surface area contributed by atoms with Gasteiger partial charge >= 0.3 is 0 Å². The van der Waals surface area contributed by atoms with E-state index in [2.05, 4.69) is 19.2 Å². The number of hydrogen-bond donors (Lipinski definition) is 1. The van der Waals surface area contributed by atoms with Crippen molar-refractivity contribution in [3.63, 3.8) is 0 Å². The summed E-state index contributed by atoms with van der Waals surface area (Å²) in [5, 5.41) is 3.34. The second kappa shape index (κ2) is 7.38. The molecule has 0 spiro atoms. The summed E-state index contributed by atoms with van der Waals surface area (Å²) >= 11 is 0. The Bertz CT molecular complexity index is 566. The van der Waals surface area contributed by atoms with Crippen molar-refractivity contribution in [3.05, 3.63) is 29.3 Å². The summed E-state index contributed by atoms with van der Waals surface area (Å²) in [5.74, 6) is 0. The van der Waals surface area contributed by atoms with Gasteiger partial charge in [-0.25, -0.2) is 8.42 Å². The number of sulfonamides is 1. The molecule has 0 aliphatic carbocycles. The Kier molecular flexibility index (Phi) is 6.38. The van der Waals surface area contributed by atoms with E-state index in [0.717, 1.165) is 11.1 Å². The van der Waals surface area contributed by atoms with Gasteiger partial charge in [-0.1, -0.05) is 26.8 Å². The van der Waals surface area contributed by atoms with Gasteiger partial charge in [-0.05, 0) is 44.0 Å². The van der Waals surface area contributed by atoms with E-state index in [4.69, 9.17) is 0 Å². The van der Waals surface area contributed by atoms with E-state index in [9.17, 15) is 8.42 Å². The molecule has 0 atom stereocenters. The minimum absolute atomic E-state index is 0.0430. The maximum Gasteiger partial charge on any atom is 0.243 e. The van der Waals surface area contributed by atoms with E-state index in [1.807, 2.05) is 33.8 Å². The van der Waals surface area contributed by atoms with Crippen molar-refractivity contribution in [2.24, 2.45) is 0 Å². The molecule has 0 heterocycles. The van der Waals surface area contributed by atoms with Gasteiger partial charge in [0.05, 0.1) is 4.90 Å². The molecule has 0 saturated heterocycles. The van der Waals surface area contributed by atoms with Gasteiger partial charge in [-0.2, -0.15) is 4.31 Å². The van der Waals surface area contributed by atoms with Crippen molar-refractivity contribution in [2.45, 2.75) is 65.1 Å². The maximum atomic E-state index is 12.7. The Morgan fingerprint density at radius 3 is 2.29 bits per heavy atom. The number of hydrogen-bond acceptors (Lipinski definition) is 3. The van der Waals surface area contributed by atoms with Crippen molar-refractivity contribution < 1.29 is 8.42 Å². The Labute approximate surface area is 129 Å². The Morgan fingerprint density at radius 1 is 1.19 bits per heavy atom. The van der Waals surface area contributed by atoms with Crippen molar-refractivity contribution >= 4 is 10.0 Å². The lowest BCUT2D eigenvalue weighted by atomic mass is 10.1. The van der Waals surface area contributed by atoms with Gasteiger partial charge in [0.2, 0.25) is 10.0 Å². The zero-order valence-electron chi connectivity index (χ0n) is 14.0. The molecule has 0 amide bonds. The Morgan fingerprint density at radius 2 is 1.81 bits per heavy atom. The highest BCUT2D eigenvalue weighted by molar-refractivity contribution is 7.89. The summed E-state index contributed by atoms with van der Waals surface area (Å²) in [4.78, 5) is 0.379. The Balaban J connectivity index is 3.16. The molecule has 4 nitrogen and oxygen atoms in total. The molecule has 0 aliphatic heterocycles. The molecule has 0 aromatic heterocycles. The van der Waals surface area contributed by atoms with Gasteiger partial charge < -0.3 is 5.32 Å². The SMILES string of the molecule is CCN(C(C)C)S(=O)(=O)c1ccc(C)c(CNC(C)C)c1. The quantitative estimate of drug-likeness (QED) is 0.842. The summed E-state index contributed by atoms with van der Waals surface area (Å²) in [7, 11) is -3.42. The molecule has 0 saturated carbocycles. The van der Waals surface area contributed by atoms with E-state index < -0.39 is 10.0 Å². The van der Waals surface area contributed by atoms with Gasteiger partial charge in [-0.15, -0.1) is 0 Å². The van der Waals surface area contributed by atoms with Crippen LogP contribution in [0.4, 0.5) is 0 Å². The first kappa shape index (κ1) is 18.1. The van der Waals surface area contributed by atoms with E-state index in [-0.39, 0.29) is 6.04 Å². The molecule has 0 radical (unpaired) electrons. The normalized spacial score (nSPS) is 12.6. The van der Waals surface area contributed by atoms with Crippen LogP contribution in [0.15, 0.2) is 23.1 Å². The van der Waals surface area contributed by atoms with Crippen LogP contribution in [0.25, 0.3) is 0 Å². The molecular weight excluding hydrogens is 284 g/mol. The lowest BCUT2D eigenvalue weighted by Gasteiger charge is -2.25. The van der Waals surface area contributed by atoms with E-state index >= 15 is 0 Å². The maximum absolute atomic E-state index is 12.7. The van der Waals surface area contributed by atoms with Crippen molar-refractivity contribution in [3.8, 4) is 0 Å². The summed E-state index contributed by atoms with van der Waals surface area (Å²) in [6.45, 7) is 13.0. The lowest BCUT2D eigenvalue weighted by molar-refractivity contribution is 0.369. The number of benzene rings is 1. The molecule has 1 aromatic rings. The smallest absolute Gasteiger partial charge is 0.243 e. The number of rotatable bonds is 7. The first-order valence-corrected chi connectivity index (χ1v) is 8.98. The van der Waals surface area contributed by atoms with E-state index in [0.29, 0.717) is 24.0 Å². The minimum atomic E-state index is -3.42. The zero-order chi connectivity index (χ0) is 16.2. The number of nitrogens with zero attached hydrogens (tertiary/aromatic N) is 1. The van der Waals surface area contributed by atoms with Gasteiger partial charge in [0, 0.05) is 25.2 Å². The second-order valence-electron chi connectivity index (χ2n) is 5.93. The van der Waals surface area contributed by atoms with Crippen molar-refractivity contribution in [1.82, 2.24) is 9.62 Å². The third kappa shape index (κ3) is 4.53. The fourth-order valence-corrected chi connectivity index (χ4v) is 3.96. The van der Waals surface area contributed by atoms with E-state index in [1.165, 1.54) is 4.31 Å². The lowest BCUT2D eigenvalue weighted by Crippen LogP contribution is -2.36. The van der Waals surface area contributed by atoms with Crippen LogP contribution in [0.3, 0.4) is 0 Å². The molecular formula is C16H28N2O2S. The van der Waals surface area contributed by atoms with E-state index in [1.54, 1.807) is 12.1 Å². The van der Waals surface area contributed by atoms with Crippen molar-refractivity contribution in [1.29, 1.82) is 0 Å². The van der Waals surface area contributed by atoms with Crippen LogP contribution in [0.2, 0.25) is 0 Å². The molecule has 21 heavy (non-hydrogen) atoms. The fourth-order valence-electron chi connectivity index (χ4n) is 2.26. The molecule has 1 rings (SSSR count). The summed E-state index contributed by atoms with van der Waals surface area (Å²) < 4.78 is 26.9. The van der Waals surface area contributed by atoms with Crippen LogP contribution in [-0.4, -0.2) is 31.4 Å². The largest absolute Gasteiger partial charge is 0.310 e. The number of aryl methyl sites for hydroxylation is 1. The minimum Gasteiger partial charge on any atom is -0.310 e. The predicted molar refractivity (Wildman–Crippen MR) is 87.9 cm³/mol. The first-order valence-electron chi connectivity index (χ1n) is 7.54. The fraction of sp³-hybridized carbons (Fsp3) is 0.625. The molecule has 1 aromatic carbocycles. The predicted octanol–water partition coefficient (Wildman–Crippen LogP) is 2.91. The van der Waals surface area contributed by atoms with Gasteiger partial charge in [0.15, 0.2) is 0 Å². The van der Waals surface area contributed by atoms with Crippen LogP contribution in [0.1, 0.15) is 45.7 Å². The monoisotopic (exact) mass is 312 g/mol. The standard InChI is InChI=1S/C16H28N2O2S/c1-7-18(13(4)5)21(19,20)16-9-8-14(6)15(10-16)11-17-12(2)3/h8-10,12-13,17H,7,11H2,1-6H3. The zero-order valence-corrected chi connectivity index (χ0v) is 14.8. The van der Waals surface area contributed by atoms with Gasteiger partial charge in [-0.3, -0.25) is 0 Å². The summed E-state index contributed by atoms with van der Waals surface area (Å²) in [5.41, 5.74) is 2.14. The van der Waals surface area contributed by atoms with Crippen LogP contribution in [0.5, 0.6) is 0 Å². The van der Waals surface area contributed by atoms with Crippen molar-refractivity contribution in [2.75, 3.05) is 6.54 Å². The van der Waals surface area contributed by atoms with Gasteiger partial charge in [0.25, 0.3) is 0 Å². The highest BCUT2D eigenvalue weighted by Crippen LogP contribution is 2.21. The average molecular weight is 312 g/mol. The summed E-state index contributed by atoms with van der Waals surface area (Å²) in [6.07, 6.45) is 0. The first-order chi connectivity index (χ1) is 9.70. The second-order valence-corrected chi connectivity index (χ2v) is 7.82. The molecule has 1 N–H and O–H groups in total. The summed E-state index contributed by atoms with van der Waals surface area (Å²) in [6, 6.07) is 5.71. The van der Waals surface area contributed by atoms with Crippen LogP contribution >= 0.6 is 0 Å². The Hall–Kier alpha value is -0.910. The average Bonchev–Trinajstić information content (AvgIpc) is 2.37. The molecule has 0 bridgehead atoms.